The van der Waals surface area contributed by atoms with Crippen LogP contribution in [0.25, 0.3) is 0 Å². The van der Waals surface area contributed by atoms with Gasteiger partial charge in [-0.25, -0.2) is 13.3 Å². The van der Waals surface area contributed by atoms with Crippen molar-refractivity contribution >= 4 is 27.5 Å². The third-order valence-electron chi connectivity index (χ3n) is 6.38. The number of imide groups is 1. The fourth-order valence-corrected chi connectivity index (χ4v) is 5.88. The van der Waals surface area contributed by atoms with E-state index in [9.17, 15) is 18.0 Å². The summed E-state index contributed by atoms with van der Waals surface area (Å²) in [7, 11) is -4.02. The third-order valence-corrected chi connectivity index (χ3v) is 8.30. The quantitative estimate of drug-likeness (QED) is 0.430. The van der Waals surface area contributed by atoms with Gasteiger partial charge in [-0.15, -0.1) is 0 Å². The number of carbonyl (C=O) groups excluding carboxylic acids is 2. The molecular weight excluding hydrogens is 460 g/mol. The van der Waals surface area contributed by atoms with Crippen LogP contribution in [0.2, 0.25) is 0 Å². The van der Waals surface area contributed by atoms with Crippen molar-refractivity contribution in [1.29, 1.82) is 0 Å². The Bertz CT molecular complexity index is 1300. The van der Waals surface area contributed by atoms with Crippen LogP contribution >= 0.6 is 0 Å². The van der Waals surface area contributed by atoms with E-state index in [0.717, 1.165) is 21.6 Å². The van der Waals surface area contributed by atoms with E-state index in [1.54, 1.807) is 36.4 Å². The van der Waals surface area contributed by atoms with Gasteiger partial charge in [-0.2, -0.15) is 4.31 Å². The second-order valence-electron chi connectivity index (χ2n) is 9.20. The zero-order valence-electron chi connectivity index (χ0n) is 20.2. The number of amides is 2. The van der Waals surface area contributed by atoms with E-state index in [-0.39, 0.29) is 17.9 Å². The molecule has 7 heteroatoms. The first-order valence-electron chi connectivity index (χ1n) is 11.8. The maximum absolute atomic E-state index is 13.7. The first-order chi connectivity index (χ1) is 16.7. The van der Waals surface area contributed by atoms with Crippen molar-refractivity contribution in [3.63, 3.8) is 0 Å². The first-order valence-corrected chi connectivity index (χ1v) is 13.2. The molecule has 0 N–H and O–H groups in total. The molecule has 1 saturated heterocycles. The number of nitrogens with zero attached hydrogens (tertiary/aromatic N) is 2. The van der Waals surface area contributed by atoms with Gasteiger partial charge in [-0.3, -0.25) is 9.59 Å². The zero-order valence-corrected chi connectivity index (χ0v) is 21.0. The van der Waals surface area contributed by atoms with Crippen LogP contribution in [0.4, 0.5) is 5.69 Å². The third kappa shape index (κ3) is 5.21. The maximum Gasteiger partial charge on any atom is 0.252 e. The van der Waals surface area contributed by atoms with Crippen molar-refractivity contribution in [3.05, 3.63) is 95.6 Å². The number of sulfonamides is 1. The van der Waals surface area contributed by atoms with Crippen LogP contribution in [0.5, 0.6) is 0 Å². The Morgan fingerprint density at radius 2 is 1.54 bits per heavy atom. The van der Waals surface area contributed by atoms with Gasteiger partial charge in [0, 0.05) is 6.54 Å². The molecule has 1 atom stereocenters. The van der Waals surface area contributed by atoms with E-state index in [1.807, 2.05) is 49.4 Å². The summed E-state index contributed by atoms with van der Waals surface area (Å²) < 4.78 is 28.6. The van der Waals surface area contributed by atoms with Gasteiger partial charge in [0.25, 0.3) is 5.91 Å². The second kappa shape index (κ2) is 10.1. The van der Waals surface area contributed by atoms with Gasteiger partial charge < -0.3 is 0 Å². The predicted octanol–water partition coefficient (Wildman–Crippen LogP) is 4.68. The summed E-state index contributed by atoms with van der Waals surface area (Å²) in [5.41, 5.74) is 3.44. The molecule has 0 aliphatic carbocycles. The number of anilines is 1. The van der Waals surface area contributed by atoms with Crippen LogP contribution in [-0.4, -0.2) is 37.1 Å². The molecular formula is C28H30N2O4S. The van der Waals surface area contributed by atoms with Crippen molar-refractivity contribution < 1.29 is 18.0 Å². The van der Waals surface area contributed by atoms with Crippen molar-refractivity contribution in [1.82, 2.24) is 4.31 Å². The summed E-state index contributed by atoms with van der Waals surface area (Å²) in [5, 5.41) is 0. The highest BCUT2D eigenvalue weighted by molar-refractivity contribution is 7.89. The van der Waals surface area contributed by atoms with Gasteiger partial charge in [0.15, 0.2) is 0 Å². The van der Waals surface area contributed by atoms with E-state index < -0.39 is 27.9 Å². The summed E-state index contributed by atoms with van der Waals surface area (Å²) in [6.45, 7) is 6.10. The molecule has 1 aliphatic rings. The fraction of sp³-hybridized carbons (Fsp3) is 0.286. The van der Waals surface area contributed by atoms with Crippen molar-refractivity contribution in [3.8, 4) is 0 Å². The predicted molar refractivity (Wildman–Crippen MR) is 137 cm³/mol. The Morgan fingerprint density at radius 3 is 2.14 bits per heavy atom. The lowest BCUT2D eigenvalue weighted by Gasteiger charge is -2.27. The van der Waals surface area contributed by atoms with E-state index in [1.165, 1.54) is 4.31 Å². The minimum atomic E-state index is -4.02. The van der Waals surface area contributed by atoms with Crippen LogP contribution in [0.1, 0.15) is 42.9 Å². The van der Waals surface area contributed by atoms with Crippen LogP contribution in [-0.2, 0) is 26.0 Å². The standard InChI is InChI=1S/C28H30N2O4S/c1-20(2)23-11-13-24(14-12-23)30-27(31)19-26(28(30)32)29(18-17-22-7-5-4-6-8-22)35(33,34)25-15-9-21(3)10-16-25/h4-16,20,26H,17-19H2,1-3H3. The monoisotopic (exact) mass is 490 g/mol. The smallest absolute Gasteiger partial charge is 0.252 e. The largest absolute Gasteiger partial charge is 0.274 e. The molecule has 1 fully saturated rings. The summed E-state index contributed by atoms with van der Waals surface area (Å²) in [4.78, 5) is 27.7. The molecule has 0 radical (unpaired) electrons. The minimum Gasteiger partial charge on any atom is -0.274 e. The van der Waals surface area contributed by atoms with Crippen molar-refractivity contribution in [2.45, 2.75) is 50.5 Å². The Labute approximate surface area is 207 Å². The number of benzene rings is 3. The lowest BCUT2D eigenvalue weighted by Crippen LogP contribution is -2.46. The molecule has 1 unspecified atom stereocenters. The molecule has 1 aliphatic heterocycles. The molecule has 0 aromatic heterocycles. The highest BCUT2D eigenvalue weighted by Crippen LogP contribution is 2.30. The van der Waals surface area contributed by atoms with E-state index in [4.69, 9.17) is 0 Å². The average molecular weight is 491 g/mol. The Balaban J connectivity index is 1.67. The fourth-order valence-electron chi connectivity index (χ4n) is 4.29. The highest BCUT2D eigenvalue weighted by Gasteiger charge is 2.46. The van der Waals surface area contributed by atoms with Crippen molar-refractivity contribution in [2.24, 2.45) is 0 Å². The van der Waals surface area contributed by atoms with E-state index >= 15 is 0 Å². The first kappa shape index (κ1) is 24.8. The molecule has 4 rings (SSSR count). The van der Waals surface area contributed by atoms with Crippen LogP contribution in [0.3, 0.4) is 0 Å². The van der Waals surface area contributed by atoms with Gasteiger partial charge in [0.1, 0.15) is 6.04 Å². The Morgan fingerprint density at radius 1 is 0.914 bits per heavy atom. The van der Waals surface area contributed by atoms with E-state index in [0.29, 0.717) is 18.0 Å². The molecule has 1 heterocycles. The molecule has 0 spiro atoms. The van der Waals surface area contributed by atoms with Gasteiger partial charge in [-0.05, 0) is 54.7 Å². The molecule has 6 nitrogen and oxygen atoms in total. The highest BCUT2D eigenvalue weighted by atomic mass is 32.2. The SMILES string of the molecule is Cc1ccc(S(=O)(=O)N(CCc2ccccc2)C2CC(=O)N(c3ccc(C(C)C)cc3)C2=O)cc1. The number of rotatable bonds is 8. The average Bonchev–Trinajstić information content (AvgIpc) is 3.13. The summed E-state index contributed by atoms with van der Waals surface area (Å²) >= 11 is 0. The molecule has 0 saturated carbocycles. The Hall–Kier alpha value is -3.29. The summed E-state index contributed by atoms with van der Waals surface area (Å²) in [6, 6.07) is 22.2. The summed E-state index contributed by atoms with van der Waals surface area (Å²) in [5.74, 6) is -0.605. The molecule has 3 aromatic carbocycles. The second-order valence-corrected chi connectivity index (χ2v) is 11.1. The molecule has 3 aromatic rings. The van der Waals surface area contributed by atoms with Gasteiger partial charge in [0.2, 0.25) is 15.9 Å². The zero-order chi connectivity index (χ0) is 25.2. The molecule has 0 bridgehead atoms. The molecule has 182 valence electrons. The lowest BCUT2D eigenvalue weighted by atomic mass is 10.0. The topological polar surface area (TPSA) is 74.8 Å². The van der Waals surface area contributed by atoms with Crippen molar-refractivity contribution in [2.75, 3.05) is 11.4 Å². The Kier molecular flexibility index (Phi) is 7.19. The number of aryl methyl sites for hydroxylation is 1. The van der Waals surface area contributed by atoms with Crippen LogP contribution in [0.15, 0.2) is 83.8 Å². The molecule has 35 heavy (non-hydrogen) atoms. The normalized spacial score (nSPS) is 16.5. The number of hydrogen-bond acceptors (Lipinski definition) is 4. The van der Waals surface area contributed by atoms with Crippen LogP contribution in [0, 0.1) is 6.92 Å². The summed E-state index contributed by atoms with van der Waals surface area (Å²) in [6.07, 6.45) is 0.234. The van der Waals surface area contributed by atoms with Crippen LogP contribution < -0.4 is 4.90 Å². The van der Waals surface area contributed by atoms with Gasteiger partial charge >= 0.3 is 0 Å². The number of hydrogen-bond donors (Lipinski definition) is 0. The minimum absolute atomic E-state index is 0.0873. The number of carbonyl (C=O) groups is 2. The van der Waals surface area contributed by atoms with Gasteiger partial charge in [0.05, 0.1) is 17.0 Å². The molecule has 2 amide bonds. The maximum atomic E-state index is 13.7. The lowest BCUT2D eigenvalue weighted by molar-refractivity contribution is -0.122. The van der Waals surface area contributed by atoms with Gasteiger partial charge in [-0.1, -0.05) is 74.0 Å². The van der Waals surface area contributed by atoms with E-state index in [2.05, 4.69) is 13.8 Å².